The van der Waals surface area contributed by atoms with Gasteiger partial charge in [-0.2, -0.15) is 0 Å². The van der Waals surface area contributed by atoms with Crippen LogP contribution in [0.5, 0.6) is 0 Å². The van der Waals surface area contributed by atoms with Crippen molar-refractivity contribution in [1.82, 2.24) is 15.1 Å². The van der Waals surface area contributed by atoms with E-state index in [0.717, 1.165) is 12.1 Å². The van der Waals surface area contributed by atoms with Gasteiger partial charge in [0.25, 0.3) is 11.8 Å². The zero-order chi connectivity index (χ0) is 23.4. The highest BCUT2D eigenvalue weighted by atomic mass is 16.2. The molecule has 2 heterocycles. The van der Waals surface area contributed by atoms with Crippen molar-refractivity contribution >= 4 is 23.4 Å². The first-order chi connectivity index (χ1) is 16.0. The van der Waals surface area contributed by atoms with E-state index in [1.54, 1.807) is 4.90 Å². The molecule has 33 heavy (non-hydrogen) atoms. The molecule has 0 bridgehead atoms. The Morgan fingerprint density at radius 3 is 2.24 bits per heavy atom. The number of likely N-dealkylation sites (tertiary alicyclic amines) is 1. The molecule has 1 N–H and O–H groups in total. The second kappa shape index (κ2) is 9.65. The number of nitrogens with zero attached hydrogens (tertiary/aromatic N) is 3. The molecule has 0 atom stereocenters. The van der Waals surface area contributed by atoms with Crippen molar-refractivity contribution in [2.45, 2.75) is 38.6 Å². The largest absolute Gasteiger partial charge is 0.355 e. The highest BCUT2D eigenvalue weighted by molar-refractivity contribution is 5.97. The predicted molar refractivity (Wildman–Crippen MR) is 128 cm³/mol. The van der Waals surface area contributed by atoms with Crippen LogP contribution in [-0.2, 0) is 16.0 Å². The van der Waals surface area contributed by atoms with Crippen LogP contribution in [0.15, 0.2) is 54.6 Å². The van der Waals surface area contributed by atoms with Crippen molar-refractivity contribution in [2.75, 3.05) is 37.7 Å². The third-order valence-corrected chi connectivity index (χ3v) is 6.78. The summed E-state index contributed by atoms with van der Waals surface area (Å²) in [6, 6.07) is 17.6. The molecule has 2 aliphatic rings. The lowest BCUT2D eigenvalue weighted by molar-refractivity contribution is -0.137. The molecular formula is C26H32N4O3. The highest BCUT2D eigenvalue weighted by Crippen LogP contribution is 2.39. The number of amides is 3. The van der Waals surface area contributed by atoms with Crippen LogP contribution in [0.2, 0.25) is 0 Å². The van der Waals surface area contributed by atoms with Gasteiger partial charge in [-0.25, -0.2) is 0 Å². The maximum absolute atomic E-state index is 13.6. The van der Waals surface area contributed by atoms with Gasteiger partial charge in [-0.05, 0) is 56.0 Å². The third kappa shape index (κ3) is 4.45. The molecule has 0 radical (unpaired) electrons. The summed E-state index contributed by atoms with van der Waals surface area (Å²) < 4.78 is 0. The number of piperidine rings is 1. The molecule has 2 aromatic rings. The van der Waals surface area contributed by atoms with E-state index in [9.17, 15) is 14.4 Å². The van der Waals surface area contributed by atoms with Crippen LogP contribution in [0.25, 0.3) is 0 Å². The van der Waals surface area contributed by atoms with Crippen molar-refractivity contribution in [3.63, 3.8) is 0 Å². The van der Waals surface area contributed by atoms with E-state index in [2.05, 4.69) is 17.1 Å². The number of rotatable bonds is 6. The van der Waals surface area contributed by atoms with Crippen LogP contribution in [0.4, 0.5) is 5.69 Å². The number of carbonyl (C=O) groups excluding carboxylic acids is 3. The number of para-hydroxylation sites is 1. The highest BCUT2D eigenvalue weighted by Gasteiger charge is 2.54. The Hall–Kier alpha value is -3.35. The molecule has 7 heteroatoms. The minimum absolute atomic E-state index is 0.00314. The molecule has 174 valence electrons. The van der Waals surface area contributed by atoms with Gasteiger partial charge in [-0.1, -0.05) is 37.3 Å². The topological polar surface area (TPSA) is 73.0 Å². The summed E-state index contributed by atoms with van der Waals surface area (Å²) in [5.74, 6) is -0.181. The molecule has 0 saturated carbocycles. The molecule has 2 aliphatic heterocycles. The Morgan fingerprint density at radius 1 is 0.970 bits per heavy atom. The van der Waals surface area contributed by atoms with E-state index in [-0.39, 0.29) is 24.3 Å². The number of likely N-dealkylation sites (N-methyl/N-ethyl adjacent to an activating group) is 1. The van der Waals surface area contributed by atoms with Crippen molar-refractivity contribution in [3.8, 4) is 0 Å². The van der Waals surface area contributed by atoms with Crippen LogP contribution >= 0.6 is 0 Å². The molecule has 0 aromatic heterocycles. The molecule has 3 amide bonds. The zero-order valence-corrected chi connectivity index (χ0v) is 19.4. The van der Waals surface area contributed by atoms with Gasteiger partial charge in [-0.15, -0.1) is 0 Å². The van der Waals surface area contributed by atoms with Gasteiger partial charge in [0.2, 0.25) is 5.91 Å². The molecule has 7 nitrogen and oxygen atoms in total. The molecule has 1 spiro atoms. The number of nitrogens with one attached hydrogen (secondary N) is 1. The Balaban J connectivity index is 1.53. The van der Waals surface area contributed by atoms with E-state index in [1.165, 1.54) is 5.56 Å². The first-order valence-corrected chi connectivity index (χ1v) is 11.8. The number of aryl methyl sites for hydroxylation is 1. The number of hydrogen-bond acceptors (Lipinski definition) is 4. The fraction of sp³-hybridized carbons (Fsp3) is 0.423. The molecule has 4 rings (SSSR count). The Kier molecular flexibility index (Phi) is 6.67. The van der Waals surface area contributed by atoms with Gasteiger partial charge in [0, 0.05) is 30.9 Å². The summed E-state index contributed by atoms with van der Waals surface area (Å²) in [5.41, 5.74) is 2.10. The van der Waals surface area contributed by atoms with Gasteiger partial charge in [0.1, 0.15) is 12.1 Å². The van der Waals surface area contributed by atoms with Crippen molar-refractivity contribution in [2.24, 2.45) is 0 Å². The van der Waals surface area contributed by atoms with Gasteiger partial charge in [0.15, 0.2) is 0 Å². The maximum Gasteiger partial charge on any atom is 0.253 e. The molecule has 2 saturated heterocycles. The molecule has 0 aliphatic carbocycles. The Bertz CT molecular complexity index is 998. The zero-order valence-electron chi connectivity index (χ0n) is 19.4. The van der Waals surface area contributed by atoms with Gasteiger partial charge in [0.05, 0.1) is 6.67 Å². The van der Waals surface area contributed by atoms with E-state index in [4.69, 9.17) is 0 Å². The average molecular weight is 449 g/mol. The van der Waals surface area contributed by atoms with Crippen LogP contribution < -0.4 is 10.2 Å². The summed E-state index contributed by atoms with van der Waals surface area (Å²) in [7, 11) is 0. The number of anilines is 1. The molecule has 0 unspecified atom stereocenters. The third-order valence-electron chi connectivity index (χ3n) is 6.78. The van der Waals surface area contributed by atoms with Crippen LogP contribution in [0, 0.1) is 0 Å². The average Bonchev–Trinajstić information content (AvgIpc) is 3.11. The first kappa shape index (κ1) is 22.8. The summed E-state index contributed by atoms with van der Waals surface area (Å²) in [4.78, 5) is 44.5. The lowest BCUT2D eigenvalue weighted by Gasteiger charge is -2.43. The number of hydrogen-bond donors (Lipinski definition) is 1. The minimum atomic E-state index is -0.739. The number of carbonyl (C=O) groups is 3. The van der Waals surface area contributed by atoms with E-state index < -0.39 is 5.54 Å². The van der Waals surface area contributed by atoms with Crippen molar-refractivity contribution in [3.05, 3.63) is 65.7 Å². The lowest BCUT2D eigenvalue weighted by Crippen LogP contribution is -2.57. The van der Waals surface area contributed by atoms with E-state index in [1.807, 2.05) is 66.4 Å². The second-order valence-electron chi connectivity index (χ2n) is 8.74. The van der Waals surface area contributed by atoms with Crippen molar-refractivity contribution < 1.29 is 14.4 Å². The molecule has 2 fully saturated rings. The van der Waals surface area contributed by atoms with E-state index >= 15 is 0 Å². The summed E-state index contributed by atoms with van der Waals surface area (Å²) in [6.07, 6.45) is 2.00. The summed E-state index contributed by atoms with van der Waals surface area (Å²) in [6.45, 7) is 5.90. The standard InChI is InChI=1S/C26H32N4O3/c1-3-20-10-12-21(13-11-20)24(32)28-16-14-26(15-17-28)25(33)29(18-23(31)27-4-2)19-30(26)22-8-6-5-7-9-22/h5-13H,3-4,14-19H2,1-2H3,(H,27,31). The molecule has 2 aromatic carbocycles. The molecular weight excluding hydrogens is 416 g/mol. The van der Waals surface area contributed by atoms with Crippen molar-refractivity contribution in [1.29, 1.82) is 0 Å². The maximum atomic E-state index is 13.6. The lowest BCUT2D eigenvalue weighted by atomic mass is 9.85. The summed E-state index contributed by atoms with van der Waals surface area (Å²) in [5, 5.41) is 2.78. The summed E-state index contributed by atoms with van der Waals surface area (Å²) >= 11 is 0. The fourth-order valence-electron chi connectivity index (χ4n) is 4.89. The van der Waals surface area contributed by atoms with Gasteiger partial charge in [-0.3, -0.25) is 14.4 Å². The fourth-order valence-corrected chi connectivity index (χ4v) is 4.89. The van der Waals surface area contributed by atoms with Gasteiger partial charge >= 0.3 is 0 Å². The predicted octanol–water partition coefficient (Wildman–Crippen LogP) is 2.67. The normalized spacial score (nSPS) is 17.5. The van der Waals surface area contributed by atoms with Crippen LogP contribution in [0.1, 0.15) is 42.6 Å². The monoisotopic (exact) mass is 448 g/mol. The first-order valence-electron chi connectivity index (χ1n) is 11.8. The minimum Gasteiger partial charge on any atom is -0.355 e. The number of benzene rings is 2. The second-order valence-corrected chi connectivity index (χ2v) is 8.74. The van der Waals surface area contributed by atoms with Crippen LogP contribution in [-0.4, -0.2) is 65.9 Å². The smallest absolute Gasteiger partial charge is 0.253 e. The Labute approximate surface area is 195 Å². The van der Waals surface area contributed by atoms with E-state index in [0.29, 0.717) is 44.7 Å². The SMILES string of the molecule is CCNC(=O)CN1CN(c2ccccc2)C2(CCN(C(=O)c3ccc(CC)cc3)CC2)C1=O. The Morgan fingerprint density at radius 2 is 1.64 bits per heavy atom. The quantitative estimate of drug-likeness (QED) is 0.738. The van der Waals surface area contributed by atoms with Crippen LogP contribution in [0.3, 0.4) is 0 Å². The van der Waals surface area contributed by atoms with Gasteiger partial charge < -0.3 is 20.0 Å².